The molecule has 0 bridgehead atoms. The number of benzene rings is 2. The first-order valence-corrected chi connectivity index (χ1v) is 14.0. The standard InChI is InChI=1S/C30H30F3NO12/c1-11-23(36)15(34-28(41)30(31,32)33)7-18(45-11)46-17-9-29(42,12(2)35)8-14-20(17)27(40)22-21(25(14)38)24(37)13-5-4-6-16(44-10-43-3)19(13)26(22)39/h4-6,11,15,17-18,23,36,38,40,42H,7-10H2,1-3H3,(H,34,41)/t11?,15?,17-,18?,23?,29-/m0/s1. The van der Waals surface area contributed by atoms with Crippen LogP contribution in [-0.2, 0) is 30.2 Å². The summed E-state index contributed by atoms with van der Waals surface area (Å²) < 4.78 is 60.8. The van der Waals surface area contributed by atoms with E-state index >= 15 is 0 Å². The minimum absolute atomic E-state index is 0.0474. The van der Waals surface area contributed by atoms with Crippen LogP contribution in [0.2, 0.25) is 0 Å². The molecule has 2 aromatic carbocycles. The van der Waals surface area contributed by atoms with E-state index in [9.17, 15) is 52.8 Å². The molecule has 16 heteroatoms. The second kappa shape index (κ2) is 11.9. The summed E-state index contributed by atoms with van der Waals surface area (Å²) >= 11 is 0. The van der Waals surface area contributed by atoms with Crippen molar-refractivity contribution in [2.24, 2.45) is 0 Å². The summed E-state index contributed by atoms with van der Waals surface area (Å²) in [5.41, 5.74) is -4.34. The molecule has 1 saturated heterocycles. The van der Waals surface area contributed by atoms with Crippen LogP contribution in [0.3, 0.4) is 0 Å². The Balaban J connectivity index is 1.59. The zero-order valence-corrected chi connectivity index (χ0v) is 24.6. The average Bonchev–Trinajstić information content (AvgIpc) is 2.98. The fourth-order valence-electron chi connectivity index (χ4n) is 6.09. The molecule has 1 fully saturated rings. The van der Waals surface area contributed by atoms with Crippen molar-refractivity contribution in [2.45, 2.75) is 75.5 Å². The Kier molecular flexibility index (Phi) is 8.63. The van der Waals surface area contributed by atoms with E-state index in [1.807, 2.05) is 0 Å². The number of nitrogens with one attached hydrogen (secondary N) is 1. The largest absolute Gasteiger partial charge is 0.507 e. The van der Waals surface area contributed by atoms with Gasteiger partial charge in [-0.15, -0.1) is 0 Å². The number of alkyl halides is 3. The molecular formula is C30H30F3NO12. The van der Waals surface area contributed by atoms with Gasteiger partial charge in [0.2, 0.25) is 5.78 Å². The third-order valence-electron chi connectivity index (χ3n) is 8.44. The molecule has 2 aliphatic carbocycles. The summed E-state index contributed by atoms with van der Waals surface area (Å²) in [5.74, 6) is -6.52. The van der Waals surface area contributed by atoms with Crippen LogP contribution in [0.4, 0.5) is 13.2 Å². The number of aliphatic hydroxyl groups is 2. The monoisotopic (exact) mass is 653 g/mol. The molecule has 5 N–H and O–H groups in total. The van der Waals surface area contributed by atoms with E-state index in [2.05, 4.69) is 0 Å². The lowest BCUT2D eigenvalue weighted by Gasteiger charge is -2.42. The van der Waals surface area contributed by atoms with Gasteiger partial charge in [0.1, 0.15) is 29.0 Å². The van der Waals surface area contributed by atoms with Gasteiger partial charge in [-0.3, -0.25) is 19.2 Å². The maximum atomic E-state index is 13.9. The molecule has 0 radical (unpaired) electrons. The van der Waals surface area contributed by atoms with Gasteiger partial charge in [0.25, 0.3) is 0 Å². The molecule has 0 aromatic heterocycles. The minimum Gasteiger partial charge on any atom is -0.507 e. The lowest BCUT2D eigenvalue weighted by molar-refractivity contribution is -0.250. The molecule has 13 nitrogen and oxygen atoms in total. The van der Waals surface area contributed by atoms with Gasteiger partial charge in [-0.2, -0.15) is 13.2 Å². The number of methoxy groups -OCH3 is 1. The van der Waals surface area contributed by atoms with Gasteiger partial charge in [-0.25, -0.2) is 0 Å². The molecule has 46 heavy (non-hydrogen) atoms. The maximum absolute atomic E-state index is 13.9. The third kappa shape index (κ3) is 5.60. The number of phenolic OH excluding ortho intramolecular Hbond substituents is 2. The Morgan fingerprint density at radius 2 is 1.78 bits per heavy atom. The fourth-order valence-corrected chi connectivity index (χ4v) is 6.09. The number of phenols is 2. The number of ether oxygens (including phenoxy) is 4. The summed E-state index contributed by atoms with van der Waals surface area (Å²) in [6, 6.07) is 2.63. The summed E-state index contributed by atoms with van der Waals surface area (Å²) in [6.45, 7) is 2.07. The maximum Gasteiger partial charge on any atom is 0.471 e. The Hall–Kier alpha value is -4.09. The number of rotatable bonds is 7. The third-order valence-corrected chi connectivity index (χ3v) is 8.44. The average molecular weight is 654 g/mol. The molecule has 3 aliphatic rings. The first kappa shape index (κ1) is 33.3. The van der Waals surface area contributed by atoms with Crippen molar-refractivity contribution in [3.05, 3.63) is 51.6 Å². The molecular weight excluding hydrogens is 623 g/mol. The molecule has 1 heterocycles. The first-order valence-electron chi connectivity index (χ1n) is 14.0. The lowest BCUT2D eigenvalue weighted by Crippen LogP contribution is -2.57. The van der Waals surface area contributed by atoms with Crippen LogP contribution >= 0.6 is 0 Å². The molecule has 6 atom stereocenters. The van der Waals surface area contributed by atoms with Crippen molar-refractivity contribution >= 4 is 23.3 Å². The van der Waals surface area contributed by atoms with Crippen molar-refractivity contribution in [2.75, 3.05) is 13.9 Å². The van der Waals surface area contributed by atoms with Gasteiger partial charge < -0.3 is 44.7 Å². The van der Waals surface area contributed by atoms with Crippen LogP contribution in [-0.4, -0.2) is 93.9 Å². The van der Waals surface area contributed by atoms with Crippen molar-refractivity contribution in [1.82, 2.24) is 5.32 Å². The SMILES string of the molecule is COCOc1cccc2c1C(=O)c1c(O)c3c(c(O)c1C2=O)C[C@@](O)(C(C)=O)C[C@@H]3OC1CC(NC(=O)C(F)(F)F)C(O)C(C)O1. The molecule has 0 spiro atoms. The predicted molar refractivity (Wildman–Crippen MR) is 146 cm³/mol. The fraction of sp³-hybridized carbons (Fsp3) is 0.467. The Labute approximate surface area is 258 Å². The quantitative estimate of drug-likeness (QED) is 0.183. The van der Waals surface area contributed by atoms with E-state index in [-0.39, 0.29) is 34.8 Å². The Morgan fingerprint density at radius 3 is 2.41 bits per heavy atom. The first-order chi connectivity index (χ1) is 21.5. The Bertz CT molecular complexity index is 1630. The molecule has 4 unspecified atom stereocenters. The van der Waals surface area contributed by atoms with Gasteiger partial charge >= 0.3 is 12.1 Å². The van der Waals surface area contributed by atoms with Crippen LogP contribution in [0, 0.1) is 0 Å². The molecule has 1 amide bonds. The molecule has 5 rings (SSSR count). The number of carbonyl (C=O) groups excluding carboxylic acids is 4. The van der Waals surface area contributed by atoms with Gasteiger partial charge in [0.15, 0.2) is 24.6 Å². The van der Waals surface area contributed by atoms with E-state index in [1.54, 1.807) is 5.32 Å². The van der Waals surface area contributed by atoms with E-state index < -0.39 is 108 Å². The van der Waals surface area contributed by atoms with Gasteiger partial charge in [0, 0.05) is 43.1 Å². The molecule has 248 valence electrons. The predicted octanol–water partition coefficient (Wildman–Crippen LogP) is 1.72. The zero-order chi connectivity index (χ0) is 33.9. The number of aromatic hydroxyl groups is 2. The van der Waals surface area contributed by atoms with Crippen molar-refractivity contribution in [3.8, 4) is 17.2 Å². The highest BCUT2D eigenvalue weighted by Crippen LogP contribution is 2.52. The van der Waals surface area contributed by atoms with Crippen molar-refractivity contribution in [3.63, 3.8) is 0 Å². The van der Waals surface area contributed by atoms with Crippen LogP contribution in [0.15, 0.2) is 18.2 Å². The van der Waals surface area contributed by atoms with Crippen LogP contribution in [0.1, 0.15) is 75.8 Å². The highest BCUT2D eigenvalue weighted by Gasteiger charge is 2.50. The lowest BCUT2D eigenvalue weighted by atomic mass is 9.72. The van der Waals surface area contributed by atoms with Gasteiger partial charge in [0.05, 0.1) is 34.9 Å². The number of aliphatic hydroxyl groups excluding tert-OH is 1. The molecule has 2 aromatic rings. The summed E-state index contributed by atoms with van der Waals surface area (Å²) in [6.07, 6.45) is -12.8. The van der Waals surface area contributed by atoms with Crippen LogP contribution in [0.5, 0.6) is 17.2 Å². The number of hydrogen-bond acceptors (Lipinski definition) is 12. The highest BCUT2D eigenvalue weighted by molar-refractivity contribution is 6.31. The second-order valence-electron chi connectivity index (χ2n) is 11.4. The van der Waals surface area contributed by atoms with E-state index in [4.69, 9.17) is 18.9 Å². The summed E-state index contributed by atoms with van der Waals surface area (Å²) in [7, 11) is 1.33. The van der Waals surface area contributed by atoms with E-state index in [0.717, 1.165) is 6.92 Å². The topological polar surface area (TPSA) is 198 Å². The second-order valence-corrected chi connectivity index (χ2v) is 11.4. The van der Waals surface area contributed by atoms with Gasteiger partial charge in [-0.05, 0) is 19.9 Å². The highest BCUT2D eigenvalue weighted by atomic mass is 19.4. The van der Waals surface area contributed by atoms with E-state index in [1.165, 1.54) is 32.2 Å². The number of fused-ring (bicyclic) bond motifs is 3. The zero-order valence-electron chi connectivity index (χ0n) is 24.6. The van der Waals surface area contributed by atoms with Crippen molar-refractivity contribution in [1.29, 1.82) is 0 Å². The molecule has 0 saturated carbocycles. The Morgan fingerprint density at radius 1 is 1.11 bits per heavy atom. The summed E-state index contributed by atoms with van der Waals surface area (Å²) in [5, 5.41) is 46.4. The number of carbonyl (C=O) groups is 4. The minimum atomic E-state index is -5.25. The number of ketones is 3. The summed E-state index contributed by atoms with van der Waals surface area (Å²) in [4.78, 5) is 51.7. The van der Waals surface area contributed by atoms with Crippen LogP contribution in [0.25, 0.3) is 0 Å². The van der Waals surface area contributed by atoms with E-state index in [0.29, 0.717) is 0 Å². The number of hydrogen-bond donors (Lipinski definition) is 5. The number of Topliss-reactive ketones (excluding diaryl/α,β-unsaturated/α-hetero) is 1. The van der Waals surface area contributed by atoms with Gasteiger partial charge in [-0.1, -0.05) is 12.1 Å². The van der Waals surface area contributed by atoms with Crippen molar-refractivity contribution < 1.29 is 71.7 Å². The normalized spacial score (nSPS) is 27.3. The molecule has 1 aliphatic heterocycles. The number of halogens is 3. The smallest absolute Gasteiger partial charge is 0.471 e. The number of amides is 1. The van der Waals surface area contributed by atoms with Crippen LogP contribution < -0.4 is 10.1 Å².